The highest BCUT2D eigenvalue weighted by atomic mass is 16.7. The summed E-state index contributed by atoms with van der Waals surface area (Å²) < 4.78 is 21.3. The van der Waals surface area contributed by atoms with Crippen LogP contribution in [0.1, 0.15) is 29.5 Å². The van der Waals surface area contributed by atoms with Crippen molar-refractivity contribution < 1.29 is 28.8 Å². The van der Waals surface area contributed by atoms with Gasteiger partial charge in [-0.2, -0.15) is 0 Å². The molecule has 152 valence electrons. The number of aliphatic hydroxyl groups excluding tert-OH is 1. The molecule has 3 unspecified atom stereocenters. The highest BCUT2D eigenvalue weighted by molar-refractivity contribution is 5.59. The molecule has 1 N–H and O–H groups in total. The van der Waals surface area contributed by atoms with Gasteiger partial charge in [-0.15, -0.1) is 6.42 Å². The van der Waals surface area contributed by atoms with E-state index in [-0.39, 0.29) is 6.61 Å². The van der Waals surface area contributed by atoms with Crippen LogP contribution in [0.4, 0.5) is 4.79 Å². The lowest BCUT2D eigenvalue weighted by atomic mass is 10.0. The molecule has 0 bridgehead atoms. The first-order chi connectivity index (χ1) is 14.1. The third-order valence-electron chi connectivity index (χ3n) is 4.64. The lowest BCUT2D eigenvalue weighted by molar-refractivity contribution is -0.186. The molecular formula is C23H24O6. The van der Waals surface area contributed by atoms with Gasteiger partial charge in [0, 0.05) is 24.8 Å². The van der Waals surface area contributed by atoms with E-state index in [0.717, 1.165) is 16.7 Å². The minimum Gasteiger partial charge on any atom is -0.465 e. The fourth-order valence-electron chi connectivity index (χ4n) is 3.20. The fourth-order valence-corrected chi connectivity index (χ4v) is 3.20. The lowest BCUT2D eigenvalue weighted by Crippen LogP contribution is -2.41. The zero-order valence-corrected chi connectivity index (χ0v) is 16.2. The molecule has 0 aromatic heterocycles. The van der Waals surface area contributed by atoms with Gasteiger partial charge < -0.3 is 24.1 Å². The Hall–Kier alpha value is -3.01. The average Bonchev–Trinajstić information content (AvgIpc) is 2.73. The quantitative estimate of drug-likeness (QED) is 0.597. The Balaban J connectivity index is 1.66. The van der Waals surface area contributed by atoms with Crippen molar-refractivity contribution in [2.45, 2.75) is 37.8 Å². The summed E-state index contributed by atoms with van der Waals surface area (Å²) in [6.07, 6.45) is 4.27. The second-order valence-corrected chi connectivity index (χ2v) is 6.82. The molecule has 0 spiro atoms. The van der Waals surface area contributed by atoms with Crippen LogP contribution in [-0.2, 0) is 20.6 Å². The SMILES string of the molecule is C#Cc1ccc(Cc2ccccc2OC2CC(O)CC(COC(=O)OC)O2)cc1. The Labute approximate surface area is 170 Å². The summed E-state index contributed by atoms with van der Waals surface area (Å²) in [4.78, 5) is 11.2. The highest BCUT2D eigenvalue weighted by Crippen LogP contribution is 2.27. The molecule has 6 nitrogen and oxygen atoms in total. The summed E-state index contributed by atoms with van der Waals surface area (Å²) in [6.45, 7) is -0.00718. The smallest absolute Gasteiger partial charge is 0.465 e. The first-order valence-corrected chi connectivity index (χ1v) is 9.41. The summed E-state index contributed by atoms with van der Waals surface area (Å²) in [5.74, 6) is 3.29. The zero-order chi connectivity index (χ0) is 20.6. The standard InChI is InChI=1S/C23H24O6/c1-3-16-8-10-17(11-9-16)12-18-6-4-5-7-21(18)29-22-14-19(24)13-20(28-22)15-27-23(25)26-2/h1,4-11,19-20,22,24H,12-15H2,2H3. The van der Waals surface area contributed by atoms with E-state index in [1.807, 2.05) is 48.5 Å². The molecule has 1 aliphatic heterocycles. The van der Waals surface area contributed by atoms with E-state index in [2.05, 4.69) is 10.7 Å². The van der Waals surface area contributed by atoms with Gasteiger partial charge in [0.1, 0.15) is 12.4 Å². The molecule has 2 aromatic carbocycles. The summed E-state index contributed by atoms with van der Waals surface area (Å²) in [5.41, 5.74) is 2.93. The zero-order valence-electron chi connectivity index (χ0n) is 16.2. The number of carbonyl (C=O) groups is 1. The molecule has 3 atom stereocenters. The number of terminal acetylenes is 1. The number of rotatable bonds is 6. The van der Waals surface area contributed by atoms with Crippen LogP contribution in [-0.4, -0.2) is 43.5 Å². The first kappa shape index (κ1) is 20.7. The average molecular weight is 396 g/mol. The van der Waals surface area contributed by atoms with E-state index >= 15 is 0 Å². The van der Waals surface area contributed by atoms with Crippen molar-refractivity contribution in [2.24, 2.45) is 0 Å². The maximum atomic E-state index is 11.2. The van der Waals surface area contributed by atoms with Gasteiger partial charge >= 0.3 is 6.16 Å². The molecule has 0 saturated carbocycles. The summed E-state index contributed by atoms with van der Waals surface area (Å²) in [5, 5.41) is 10.2. The van der Waals surface area contributed by atoms with E-state index < -0.39 is 24.7 Å². The molecule has 6 heteroatoms. The van der Waals surface area contributed by atoms with Crippen molar-refractivity contribution in [1.29, 1.82) is 0 Å². The van der Waals surface area contributed by atoms with Crippen LogP contribution in [0.25, 0.3) is 0 Å². The van der Waals surface area contributed by atoms with Crippen molar-refractivity contribution in [3.05, 3.63) is 65.2 Å². The maximum Gasteiger partial charge on any atom is 0.508 e. The number of methoxy groups -OCH3 is 1. The van der Waals surface area contributed by atoms with Crippen LogP contribution < -0.4 is 4.74 Å². The molecule has 1 saturated heterocycles. The topological polar surface area (TPSA) is 74.2 Å². The van der Waals surface area contributed by atoms with Crippen LogP contribution >= 0.6 is 0 Å². The van der Waals surface area contributed by atoms with Gasteiger partial charge in [-0.25, -0.2) is 4.79 Å². The molecule has 29 heavy (non-hydrogen) atoms. The van der Waals surface area contributed by atoms with Gasteiger partial charge in [0.25, 0.3) is 0 Å². The Morgan fingerprint density at radius 3 is 2.69 bits per heavy atom. The molecule has 0 aliphatic carbocycles. The Morgan fingerprint density at radius 2 is 1.97 bits per heavy atom. The van der Waals surface area contributed by atoms with Crippen LogP contribution in [0.3, 0.4) is 0 Å². The fraction of sp³-hybridized carbons (Fsp3) is 0.348. The number of benzene rings is 2. The van der Waals surface area contributed by atoms with E-state index in [9.17, 15) is 9.90 Å². The third kappa shape index (κ3) is 5.98. The van der Waals surface area contributed by atoms with Gasteiger partial charge in [0.2, 0.25) is 6.29 Å². The van der Waals surface area contributed by atoms with E-state index in [1.54, 1.807) is 0 Å². The Kier molecular flexibility index (Phi) is 7.12. The largest absolute Gasteiger partial charge is 0.508 e. The first-order valence-electron chi connectivity index (χ1n) is 9.41. The van der Waals surface area contributed by atoms with Gasteiger partial charge in [0.15, 0.2) is 0 Å². The van der Waals surface area contributed by atoms with Crippen molar-refractivity contribution >= 4 is 6.16 Å². The maximum absolute atomic E-state index is 11.2. The molecule has 0 amide bonds. The molecule has 1 heterocycles. The van der Waals surface area contributed by atoms with E-state index in [1.165, 1.54) is 7.11 Å². The van der Waals surface area contributed by atoms with Crippen molar-refractivity contribution in [1.82, 2.24) is 0 Å². The van der Waals surface area contributed by atoms with Gasteiger partial charge in [-0.05, 0) is 29.3 Å². The number of carbonyl (C=O) groups excluding carboxylic acids is 1. The normalized spacial score (nSPS) is 21.1. The minimum atomic E-state index is -0.785. The van der Waals surface area contributed by atoms with Gasteiger partial charge in [-0.1, -0.05) is 36.3 Å². The van der Waals surface area contributed by atoms with Crippen molar-refractivity contribution in [3.63, 3.8) is 0 Å². The monoisotopic (exact) mass is 396 g/mol. The van der Waals surface area contributed by atoms with Crippen molar-refractivity contribution in [3.8, 4) is 18.1 Å². The molecule has 2 aromatic rings. The lowest BCUT2D eigenvalue weighted by Gasteiger charge is -2.33. The van der Waals surface area contributed by atoms with E-state index in [0.29, 0.717) is 25.0 Å². The molecular weight excluding hydrogens is 372 g/mol. The summed E-state index contributed by atoms with van der Waals surface area (Å²) >= 11 is 0. The van der Waals surface area contributed by atoms with Gasteiger partial charge in [-0.3, -0.25) is 0 Å². The summed E-state index contributed by atoms with van der Waals surface area (Å²) in [6, 6.07) is 15.5. The molecule has 0 radical (unpaired) electrons. The number of ether oxygens (including phenoxy) is 4. The van der Waals surface area contributed by atoms with E-state index in [4.69, 9.17) is 20.6 Å². The van der Waals surface area contributed by atoms with Crippen LogP contribution in [0.15, 0.2) is 48.5 Å². The van der Waals surface area contributed by atoms with Crippen molar-refractivity contribution in [2.75, 3.05) is 13.7 Å². The second kappa shape index (κ2) is 9.97. The number of hydrogen-bond donors (Lipinski definition) is 1. The predicted octanol–water partition coefficient (Wildman–Crippen LogP) is 3.29. The number of para-hydroxylation sites is 1. The molecule has 1 fully saturated rings. The highest BCUT2D eigenvalue weighted by Gasteiger charge is 2.31. The Morgan fingerprint density at radius 1 is 1.21 bits per heavy atom. The van der Waals surface area contributed by atoms with Crippen LogP contribution in [0.5, 0.6) is 5.75 Å². The van der Waals surface area contributed by atoms with Gasteiger partial charge in [0.05, 0.1) is 19.3 Å². The second-order valence-electron chi connectivity index (χ2n) is 6.82. The molecule has 3 rings (SSSR count). The van der Waals surface area contributed by atoms with Crippen LogP contribution in [0, 0.1) is 12.3 Å². The summed E-state index contributed by atoms with van der Waals surface area (Å²) in [7, 11) is 1.24. The third-order valence-corrected chi connectivity index (χ3v) is 4.64. The minimum absolute atomic E-state index is 0.00718. The predicted molar refractivity (Wildman–Crippen MR) is 107 cm³/mol. The van der Waals surface area contributed by atoms with Crippen LogP contribution in [0.2, 0.25) is 0 Å². The number of hydrogen-bond acceptors (Lipinski definition) is 6. The number of aliphatic hydroxyl groups is 1. The Bertz CT molecular complexity index is 854. The molecule has 1 aliphatic rings.